The van der Waals surface area contributed by atoms with Crippen molar-refractivity contribution >= 4 is 22.4 Å². The molecule has 2 heterocycles. The zero-order valence-electron chi connectivity index (χ0n) is 12.6. The molecule has 0 spiro atoms. The Bertz CT molecular complexity index is 482. The molecule has 1 aliphatic rings. The van der Waals surface area contributed by atoms with E-state index in [1.165, 1.54) is 0 Å². The number of rotatable bonds is 5. The van der Waals surface area contributed by atoms with Gasteiger partial charge in [-0.05, 0) is 13.3 Å². The fraction of sp³-hybridized carbons (Fsp3) is 0.714. The Labute approximate surface area is 123 Å². The fourth-order valence-electron chi connectivity index (χ4n) is 2.28. The summed E-state index contributed by atoms with van der Waals surface area (Å²) < 4.78 is 11.5. The van der Waals surface area contributed by atoms with E-state index in [4.69, 9.17) is 0 Å². The summed E-state index contributed by atoms with van der Waals surface area (Å²) in [7, 11) is -0.659. The monoisotopic (exact) mass is 296 g/mol. The summed E-state index contributed by atoms with van der Waals surface area (Å²) in [5.41, 5.74) is 1.10. The molecule has 20 heavy (non-hydrogen) atoms. The van der Waals surface area contributed by atoms with Crippen molar-refractivity contribution in [2.24, 2.45) is 0 Å². The molecule has 1 fully saturated rings. The predicted octanol–water partition coefficient (Wildman–Crippen LogP) is 1.74. The quantitative estimate of drug-likeness (QED) is 0.897. The Hall–Kier alpha value is -1.17. The Morgan fingerprint density at radius 2 is 1.95 bits per heavy atom. The largest absolute Gasteiger partial charge is 0.370 e. The van der Waals surface area contributed by atoms with E-state index in [2.05, 4.69) is 41.0 Å². The summed E-state index contributed by atoms with van der Waals surface area (Å²) in [6.07, 6.45) is 1.90. The first-order valence-corrected chi connectivity index (χ1v) is 8.85. The van der Waals surface area contributed by atoms with Crippen LogP contribution in [0.25, 0.3) is 0 Å². The molecule has 2 rings (SSSR count). The molecule has 0 bridgehead atoms. The standard InChI is InChI=1S/C14H24N4OS/c1-4-6-15-13-11(3)14(17-12(5-2)16-13)18-7-9-20(19)10-8-18/h4-10H2,1-3H3,(H,15,16,17). The van der Waals surface area contributed by atoms with E-state index in [-0.39, 0.29) is 0 Å². The van der Waals surface area contributed by atoms with Gasteiger partial charge >= 0.3 is 0 Å². The van der Waals surface area contributed by atoms with Crippen LogP contribution in [0, 0.1) is 6.92 Å². The molecular weight excluding hydrogens is 272 g/mol. The van der Waals surface area contributed by atoms with Crippen LogP contribution in [0.5, 0.6) is 0 Å². The van der Waals surface area contributed by atoms with Gasteiger partial charge in [-0.25, -0.2) is 9.97 Å². The van der Waals surface area contributed by atoms with E-state index in [0.29, 0.717) is 0 Å². The number of nitrogens with zero attached hydrogens (tertiary/aromatic N) is 3. The van der Waals surface area contributed by atoms with Gasteiger partial charge in [0.05, 0.1) is 0 Å². The highest BCUT2D eigenvalue weighted by Gasteiger charge is 2.20. The Morgan fingerprint density at radius 3 is 2.55 bits per heavy atom. The molecule has 0 radical (unpaired) electrons. The highest BCUT2D eigenvalue weighted by atomic mass is 32.2. The van der Waals surface area contributed by atoms with E-state index in [0.717, 1.165) is 67.0 Å². The normalized spacial score (nSPS) is 16.4. The molecule has 0 aliphatic carbocycles. The van der Waals surface area contributed by atoms with Gasteiger partial charge in [-0.2, -0.15) is 0 Å². The van der Waals surface area contributed by atoms with Crippen molar-refractivity contribution < 1.29 is 4.21 Å². The lowest BCUT2D eigenvalue weighted by atomic mass is 10.2. The topological polar surface area (TPSA) is 58.1 Å². The number of anilines is 2. The third-order valence-electron chi connectivity index (χ3n) is 3.50. The highest BCUT2D eigenvalue weighted by Crippen LogP contribution is 2.24. The maximum Gasteiger partial charge on any atom is 0.137 e. The van der Waals surface area contributed by atoms with Crippen molar-refractivity contribution in [3.05, 3.63) is 11.4 Å². The number of hydrogen-bond donors (Lipinski definition) is 1. The summed E-state index contributed by atoms with van der Waals surface area (Å²) in [4.78, 5) is 11.5. The minimum absolute atomic E-state index is 0.659. The van der Waals surface area contributed by atoms with Crippen LogP contribution in [0.15, 0.2) is 0 Å². The minimum Gasteiger partial charge on any atom is -0.370 e. The maximum absolute atomic E-state index is 11.5. The molecule has 0 unspecified atom stereocenters. The molecular formula is C14H24N4OS. The predicted molar refractivity (Wildman–Crippen MR) is 85.0 cm³/mol. The van der Waals surface area contributed by atoms with Gasteiger partial charge in [-0.3, -0.25) is 4.21 Å². The second-order valence-electron chi connectivity index (χ2n) is 5.05. The van der Waals surface area contributed by atoms with E-state index in [1.54, 1.807) is 0 Å². The summed E-state index contributed by atoms with van der Waals surface area (Å²) in [5.74, 6) is 4.30. The first-order chi connectivity index (χ1) is 9.65. The lowest BCUT2D eigenvalue weighted by Crippen LogP contribution is -2.39. The van der Waals surface area contributed by atoms with Crippen molar-refractivity contribution in [2.45, 2.75) is 33.6 Å². The summed E-state index contributed by atoms with van der Waals surface area (Å²) in [6, 6.07) is 0. The summed E-state index contributed by atoms with van der Waals surface area (Å²) in [6.45, 7) is 8.85. The lowest BCUT2D eigenvalue weighted by molar-refractivity contribution is 0.671. The van der Waals surface area contributed by atoms with Crippen LogP contribution in [-0.2, 0) is 17.2 Å². The second kappa shape index (κ2) is 7.02. The first kappa shape index (κ1) is 15.2. The van der Waals surface area contributed by atoms with Crippen molar-refractivity contribution in [3.8, 4) is 0 Å². The lowest BCUT2D eigenvalue weighted by Gasteiger charge is -2.29. The molecule has 6 heteroatoms. The molecule has 0 saturated carbocycles. The van der Waals surface area contributed by atoms with Gasteiger partial charge in [0.15, 0.2) is 0 Å². The third kappa shape index (κ3) is 3.48. The molecule has 1 aromatic heterocycles. The Balaban J connectivity index is 2.28. The molecule has 0 atom stereocenters. The average molecular weight is 296 g/mol. The maximum atomic E-state index is 11.5. The third-order valence-corrected chi connectivity index (χ3v) is 4.78. The fourth-order valence-corrected chi connectivity index (χ4v) is 3.33. The van der Waals surface area contributed by atoms with Crippen LogP contribution in [0.2, 0.25) is 0 Å². The number of aryl methyl sites for hydroxylation is 1. The van der Waals surface area contributed by atoms with Crippen molar-refractivity contribution in [1.82, 2.24) is 9.97 Å². The number of aromatic nitrogens is 2. The number of hydrogen-bond acceptors (Lipinski definition) is 5. The van der Waals surface area contributed by atoms with Gasteiger partial charge in [0.2, 0.25) is 0 Å². The van der Waals surface area contributed by atoms with E-state index in [9.17, 15) is 4.21 Å². The van der Waals surface area contributed by atoms with Gasteiger partial charge in [0.25, 0.3) is 0 Å². The van der Waals surface area contributed by atoms with Crippen LogP contribution in [-0.4, -0.2) is 45.3 Å². The van der Waals surface area contributed by atoms with Gasteiger partial charge in [-0.15, -0.1) is 0 Å². The molecule has 0 amide bonds. The van der Waals surface area contributed by atoms with Gasteiger partial charge in [0, 0.05) is 53.9 Å². The molecule has 1 N–H and O–H groups in total. The summed E-state index contributed by atoms with van der Waals surface area (Å²) >= 11 is 0. The van der Waals surface area contributed by atoms with Gasteiger partial charge in [0.1, 0.15) is 17.5 Å². The SMILES string of the molecule is CCCNc1nc(CC)nc(N2CCS(=O)CC2)c1C. The molecule has 1 aromatic rings. The van der Waals surface area contributed by atoms with Gasteiger partial charge < -0.3 is 10.2 Å². The van der Waals surface area contributed by atoms with E-state index < -0.39 is 10.8 Å². The van der Waals surface area contributed by atoms with Crippen LogP contribution in [0.1, 0.15) is 31.7 Å². The average Bonchev–Trinajstić information content (AvgIpc) is 2.47. The van der Waals surface area contributed by atoms with Crippen molar-refractivity contribution in [3.63, 3.8) is 0 Å². The molecule has 1 saturated heterocycles. The van der Waals surface area contributed by atoms with E-state index >= 15 is 0 Å². The van der Waals surface area contributed by atoms with Crippen molar-refractivity contribution in [2.75, 3.05) is 41.4 Å². The second-order valence-corrected chi connectivity index (χ2v) is 6.75. The van der Waals surface area contributed by atoms with Crippen LogP contribution >= 0.6 is 0 Å². The molecule has 112 valence electrons. The Kier molecular flexibility index (Phi) is 5.34. The number of nitrogens with one attached hydrogen (secondary N) is 1. The van der Waals surface area contributed by atoms with Crippen LogP contribution < -0.4 is 10.2 Å². The molecule has 1 aliphatic heterocycles. The van der Waals surface area contributed by atoms with Crippen LogP contribution in [0.4, 0.5) is 11.6 Å². The zero-order valence-corrected chi connectivity index (χ0v) is 13.4. The van der Waals surface area contributed by atoms with Gasteiger partial charge in [-0.1, -0.05) is 13.8 Å². The van der Waals surface area contributed by atoms with E-state index in [1.807, 2.05) is 0 Å². The minimum atomic E-state index is -0.659. The Morgan fingerprint density at radius 1 is 1.25 bits per heavy atom. The highest BCUT2D eigenvalue weighted by molar-refractivity contribution is 7.85. The van der Waals surface area contributed by atoms with Crippen molar-refractivity contribution in [1.29, 1.82) is 0 Å². The zero-order chi connectivity index (χ0) is 14.5. The molecule has 5 nitrogen and oxygen atoms in total. The smallest absolute Gasteiger partial charge is 0.137 e. The first-order valence-electron chi connectivity index (χ1n) is 7.37. The summed E-state index contributed by atoms with van der Waals surface area (Å²) in [5, 5.41) is 3.39. The van der Waals surface area contributed by atoms with Crippen LogP contribution in [0.3, 0.4) is 0 Å². The molecule has 0 aromatic carbocycles.